The van der Waals surface area contributed by atoms with Gasteiger partial charge in [-0.25, -0.2) is 0 Å². The maximum atomic E-state index is 2.35. The molecule has 0 fully saturated rings. The van der Waals surface area contributed by atoms with Gasteiger partial charge in [-0.1, -0.05) is 36.4 Å². The van der Waals surface area contributed by atoms with Gasteiger partial charge in [-0.2, -0.15) is 0 Å². The van der Waals surface area contributed by atoms with Crippen molar-refractivity contribution in [2.24, 2.45) is 0 Å². The zero-order valence-electron chi connectivity index (χ0n) is 7.67. The van der Waals surface area contributed by atoms with E-state index in [-0.39, 0.29) is 29.6 Å². The van der Waals surface area contributed by atoms with Gasteiger partial charge in [0.05, 0.1) is 0 Å². The number of rotatable bonds is 1. The fraction of sp³-hybridized carbons (Fsp3) is 0.273. The van der Waals surface area contributed by atoms with Gasteiger partial charge in [-0.15, -0.1) is 0 Å². The van der Waals surface area contributed by atoms with Crippen molar-refractivity contribution in [3.63, 3.8) is 0 Å². The van der Waals surface area contributed by atoms with Crippen molar-refractivity contribution in [1.29, 1.82) is 0 Å². The van der Waals surface area contributed by atoms with Crippen LogP contribution in [0.15, 0.2) is 24.3 Å². The zero-order chi connectivity index (χ0) is 8.55. The molecular formula is C11H15NaSi. The van der Waals surface area contributed by atoms with Crippen LogP contribution in [0.2, 0.25) is 6.04 Å². The van der Waals surface area contributed by atoms with Crippen LogP contribution in [0.3, 0.4) is 0 Å². The molecule has 0 nitrogen and oxygen atoms in total. The molecule has 0 aromatic heterocycles. The van der Waals surface area contributed by atoms with Gasteiger partial charge in [-0.3, -0.25) is 0 Å². The second-order valence-electron chi connectivity index (χ2n) is 3.45. The number of fused-ring (bicyclic) bond motifs is 1. The second kappa shape index (κ2) is 4.60. The number of hydrogen-bond donors (Lipinski definition) is 0. The molecule has 2 rings (SSSR count). The minimum absolute atomic E-state index is 0. The molecule has 1 aliphatic carbocycles. The quantitative estimate of drug-likeness (QED) is 0.596. The average molecular weight is 198 g/mol. The first kappa shape index (κ1) is 11.3. The van der Waals surface area contributed by atoms with Crippen LogP contribution in [-0.4, -0.2) is 39.8 Å². The minimum atomic E-state index is 0. The predicted octanol–water partition coefficient (Wildman–Crippen LogP) is 1.24. The third kappa shape index (κ3) is 1.99. The summed E-state index contributed by atoms with van der Waals surface area (Å²) in [6.07, 6.45) is 4.64. The Morgan fingerprint density at radius 3 is 2.85 bits per heavy atom. The monoisotopic (exact) mass is 198 g/mol. The average Bonchev–Trinajstić information content (AvgIpc) is 2.49. The summed E-state index contributed by atoms with van der Waals surface area (Å²) >= 11 is 0. The number of benzene rings is 1. The van der Waals surface area contributed by atoms with Gasteiger partial charge in [0.2, 0.25) is 0 Å². The molecule has 13 heavy (non-hydrogen) atoms. The first-order chi connectivity index (χ1) is 5.83. The molecule has 0 amide bonds. The Balaban J connectivity index is 0.000000845. The van der Waals surface area contributed by atoms with Crippen molar-refractivity contribution in [2.75, 3.05) is 0 Å². The van der Waals surface area contributed by atoms with Gasteiger partial charge in [0, 0.05) is 10.2 Å². The van der Waals surface area contributed by atoms with Crippen molar-refractivity contribution < 1.29 is 0 Å². The number of aryl methyl sites for hydroxylation is 1. The van der Waals surface area contributed by atoms with Gasteiger partial charge < -0.3 is 0 Å². The van der Waals surface area contributed by atoms with Crippen LogP contribution in [0.25, 0.3) is 6.08 Å². The number of allylic oxidation sites excluding steroid dienone is 1. The van der Waals surface area contributed by atoms with Crippen molar-refractivity contribution in [2.45, 2.75) is 18.9 Å². The Morgan fingerprint density at radius 1 is 1.38 bits per heavy atom. The summed E-state index contributed by atoms with van der Waals surface area (Å²) in [7, 11) is 1.30. The fourth-order valence-corrected chi connectivity index (χ4v) is 2.64. The van der Waals surface area contributed by atoms with Crippen molar-refractivity contribution in [3.05, 3.63) is 41.0 Å². The third-order valence-corrected chi connectivity index (χ3v) is 3.57. The fourth-order valence-electron chi connectivity index (χ4n) is 1.93. The molecular weight excluding hydrogens is 183 g/mol. The van der Waals surface area contributed by atoms with Crippen LogP contribution in [0.4, 0.5) is 0 Å². The zero-order valence-corrected chi connectivity index (χ0v) is 9.67. The van der Waals surface area contributed by atoms with Crippen molar-refractivity contribution >= 4 is 45.9 Å². The van der Waals surface area contributed by atoms with E-state index in [9.17, 15) is 0 Å². The van der Waals surface area contributed by atoms with Gasteiger partial charge in [0.1, 0.15) is 0 Å². The van der Waals surface area contributed by atoms with Gasteiger partial charge in [-0.05, 0) is 29.5 Å². The number of hydrogen-bond acceptors (Lipinski definition) is 0. The van der Waals surface area contributed by atoms with Crippen LogP contribution in [0, 0.1) is 6.92 Å². The summed E-state index contributed by atoms with van der Waals surface area (Å²) in [6.45, 7) is 2.19. The van der Waals surface area contributed by atoms with Gasteiger partial charge in [0.15, 0.2) is 0 Å². The summed E-state index contributed by atoms with van der Waals surface area (Å²) in [5.74, 6) is 0.728. The Bertz CT molecular complexity index is 331. The molecule has 0 saturated heterocycles. The molecule has 0 saturated carbocycles. The molecule has 1 aromatic carbocycles. The normalized spacial score (nSPS) is 18.4. The van der Waals surface area contributed by atoms with Crippen LogP contribution in [-0.2, 0) is 0 Å². The van der Waals surface area contributed by atoms with Gasteiger partial charge >= 0.3 is 29.6 Å². The summed E-state index contributed by atoms with van der Waals surface area (Å²) in [5.41, 5.74) is 4.43. The SMILES string of the molecule is Cc1cccc2c1C=CC2C[SiH3].[NaH]. The van der Waals surface area contributed by atoms with Crippen molar-refractivity contribution in [1.82, 2.24) is 0 Å². The van der Waals surface area contributed by atoms with E-state index >= 15 is 0 Å². The van der Waals surface area contributed by atoms with E-state index in [0.717, 1.165) is 5.92 Å². The summed E-state index contributed by atoms with van der Waals surface area (Å²) in [4.78, 5) is 0. The molecule has 1 aromatic rings. The van der Waals surface area contributed by atoms with Crippen LogP contribution < -0.4 is 0 Å². The maximum absolute atomic E-state index is 2.35. The van der Waals surface area contributed by atoms with E-state index in [4.69, 9.17) is 0 Å². The first-order valence-electron chi connectivity index (χ1n) is 4.60. The van der Waals surface area contributed by atoms with E-state index in [1.807, 2.05) is 0 Å². The Kier molecular flexibility index (Phi) is 3.99. The summed E-state index contributed by atoms with van der Waals surface area (Å²) < 4.78 is 0. The van der Waals surface area contributed by atoms with E-state index in [1.54, 1.807) is 5.56 Å². The standard InChI is InChI=1S/C11H14Si.Na.H/c1-8-3-2-4-11-9(7-12)5-6-10(8)11;;/h2-6,9H,7H2,1,12H3;;. The summed E-state index contributed by atoms with van der Waals surface area (Å²) in [5, 5.41) is 0. The Labute approximate surface area is 105 Å². The second-order valence-corrected chi connectivity index (χ2v) is 4.27. The van der Waals surface area contributed by atoms with Gasteiger partial charge in [0.25, 0.3) is 0 Å². The molecule has 1 unspecified atom stereocenters. The van der Waals surface area contributed by atoms with Crippen LogP contribution in [0.5, 0.6) is 0 Å². The summed E-state index contributed by atoms with van der Waals surface area (Å²) in [6, 6.07) is 7.99. The molecule has 0 heterocycles. The van der Waals surface area contributed by atoms with E-state index in [0.29, 0.717) is 0 Å². The molecule has 64 valence electrons. The molecule has 0 N–H and O–H groups in total. The van der Waals surface area contributed by atoms with Crippen LogP contribution in [0.1, 0.15) is 22.6 Å². The predicted molar refractivity (Wildman–Crippen MR) is 64.8 cm³/mol. The van der Waals surface area contributed by atoms with E-state index in [2.05, 4.69) is 37.3 Å². The Morgan fingerprint density at radius 2 is 2.15 bits per heavy atom. The van der Waals surface area contributed by atoms with Crippen LogP contribution >= 0.6 is 0 Å². The molecule has 0 radical (unpaired) electrons. The third-order valence-electron chi connectivity index (χ3n) is 2.69. The topological polar surface area (TPSA) is 0 Å². The van der Waals surface area contributed by atoms with Crippen molar-refractivity contribution in [3.8, 4) is 0 Å². The molecule has 0 bridgehead atoms. The molecule has 2 heteroatoms. The molecule has 1 aliphatic rings. The molecule has 0 spiro atoms. The molecule has 1 atom stereocenters. The molecule has 0 aliphatic heterocycles. The Hall–Kier alpha value is 0.177. The first-order valence-corrected chi connectivity index (χ1v) is 6.02. The van der Waals surface area contributed by atoms with E-state index in [1.165, 1.54) is 27.4 Å². The van der Waals surface area contributed by atoms with E-state index < -0.39 is 0 Å².